The summed E-state index contributed by atoms with van der Waals surface area (Å²) in [5.41, 5.74) is 0.713. The van der Waals surface area contributed by atoms with Gasteiger partial charge in [0.2, 0.25) is 0 Å². The Balaban J connectivity index is 2.64. The predicted molar refractivity (Wildman–Crippen MR) is 64.1 cm³/mol. The number of rotatable bonds is 6. The third-order valence-electron chi connectivity index (χ3n) is 2.17. The van der Waals surface area contributed by atoms with Crippen molar-refractivity contribution in [1.82, 2.24) is 0 Å². The Labute approximate surface area is 101 Å². The van der Waals surface area contributed by atoms with Crippen LogP contribution in [0.4, 0.5) is 0 Å². The van der Waals surface area contributed by atoms with Crippen LogP contribution in [0.1, 0.15) is 25.0 Å². The van der Waals surface area contributed by atoms with Crippen molar-refractivity contribution in [2.24, 2.45) is 0 Å². The van der Waals surface area contributed by atoms with Crippen LogP contribution in [0.3, 0.4) is 0 Å². The zero-order valence-corrected chi connectivity index (χ0v) is 10.3. The summed E-state index contributed by atoms with van der Waals surface area (Å²) in [6.07, 6.45) is 0.231. The quantitative estimate of drug-likeness (QED) is 0.782. The van der Waals surface area contributed by atoms with Crippen molar-refractivity contribution in [3.05, 3.63) is 28.8 Å². The van der Waals surface area contributed by atoms with E-state index in [2.05, 4.69) is 0 Å². The van der Waals surface area contributed by atoms with Gasteiger partial charge in [-0.05, 0) is 25.1 Å². The Morgan fingerprint density at radius 2 is 2.12 bits per heavy atom. The maximum absolute atomic E-state index is 9.57. The molecule has 1 rings (SSSR count). The lowest BCUT2D eigenvalue weighted by molar-refractivity contribution is 0.166. The maximum Gasteiger partial charge on any atom is 0.125 e. The number of hydrogen-bond acceptors (Lipinski definition) is 3. The van der Waals surface area contributed by atoms with Gasteiger partial charge in [0, 0.05) is 30.7 Å². The Morgan fingerprint density at radius 3 is 2.75 bits per heavy atom. The van der Waals surface area contributed by atoms with E-state index in [9.17, 15) is 5.11 Å². The van der Waals surface area contributed by atoms with Crippen LogP contribution in [0.5, 0.6) is 5.75 Å². The highest BCUT2D eigenvalue weighted by Crippen LogP contribution is 2.28. The minimum absolute atomic E-state index is 0.565. The van der Waals surface area contributed by atoms with E-state index < -0.39 is 6.10 Å². The van der Waals surface area contributed by atoms with Crippen molar-refractivity contribution < 1.29 is 14.6 Å². The second-order valence-electron chi connectivity index (χ2n) is 3.55. The highest BCUT2D eigenvalue weighted by molar-refractivity contribution is 6.30. The molecule has 0 amide bonds. The molecule has 1 aromatic rings. The molecule has 0 aliphatic heterocycles. The van der Waals surface area contributed by atoms with Gasteiger partial charge < -0.3 is 14.6 Å². The van der Waals surface area contributed by atoms with E-state index in [1.807, 2.05) is 0 Å². The first-order valence-electron chi connectivity index (χ1n) is 5.24. The fourth-order valence-corrected chi connectivity index (χ4v) is 1.54. The van der Waals surface area contributed by atoms with Crippen LogP contribution >= 0.6 is 11.6 Å². The molecule has 0 aromatic heterocycles. The average Bonchev–Trinajstić information content (AvgIpc) is 2.26. The van der Waals surface area contributed by atoms with Crippen molar-refractivity contribution in [3.63, 3.8) is 0 Å². The van der Waals surface area contributed by atoms with E-state index in [1.165, 1.54) is 0 Å². The lowest BCUT2D eigenvalue weighted by Crippen LogP contribution is -2.04. The highest BCUT2D eigenvalue weighted by Gasteiger charge is 2.09. The van der Waals surface area contributed by atoms with Crippen molar-refractivity contribution in [2.45, 2.75) is 19.4 Å². The molecular weight excluding hydrogens is 228 g/mol. The van der Waals surface area contributed by atoms with E-state index in [0.29, 0.717) is 29.5 Å². The number of aliphatic hydroxyl groups excluding tert-OH is 1. The summed E-state index contributed by atoms with van der Waals surface area (Å²) in [7, 11) is 1.66. The summed E-state index contributed by atoms with van der Waals surface area (Å²) >= 11 is 5.86. The van der Waals surface area contributed by atoms with Gasteiger partial charge in [-0.1, -0.05) is 11.6 Å². The third kappa shape index (κ3) is 4.00. The molecule has 0 heterocycles. The van der Waals surface area contributed by atoms with Crippen molar-refractivity contribution in [1.29, 1.82) is 0 Å². The van der Waals surface area contributed by atoms with E-state index in [0.717, 1.165) is 6.42 Å². The van der Waals surface area contributed by atoms with Gasteiger partial charge in [0.25, 0.3) is 0 Å². The molecule has 1 atom stereocenters. The molecule has 0 saturated carbocycles. The average molecular weight is 245 g/mol. The molecule has 4 heteroatoms. The first-order valence-corrected chi connectivity index (χ1v) is 5.62. The van der Waals surface area contributed by atoms with Gasteiger partial charge in [-0.25, -0.2) is 0 Å². The van der Waals surface area contributed by atoms with Crippen molar-refractivity contribution >= 4 is 11.6 Å². The third-order valence-corrected chi connectivity index (χ3v) is 2.41. The molecule has 0 aliphatic carbocycles. The Morgan fingerprint density at radius 1 is 1.38 bits per heavy atom. The van der Waals surface area contributed by atoms with Gasteiger partial charge in [-0.15, -0.1) is 0 Å². The smallest absolute Gasteiger partial charge is 0.125 e. The van der Waals surface area contributed by atoms with E-state index in [1.54, 1.807) is 32.2 Å². The lowest BCUT2D eigenvalue weighted by Gasteiger charge is -2.13. The molecule has 0 unspecified atom stereocenters. The van der Waals surface area contributed by atoms with E-state index in [4.69, 9.17) is 21.1 Å². The summed E-state index contributed by atoms with van der Waals surface area (Å²) in [5, 5.41) is 10.2. The fraction of sp³-hybridized carbons (Fsp3) is 0.500. The second kappa shape index (κ2) is 6.74. The molecule has 0 spiro atoms. The topological polar surface area (TPSA) is 38.7 Å². The Kier molecular flexibility index (Phi) is 5.60. The standard InChI is InChI=1S/C12H17ClO3/c1-9(14)11-8-10(13)4-5-12(11)16-7-3-6-15-2/h4-5,8-9,14H,3,6-7H2,1-2H3/t9-/m1/s1. The largest absolute Gasteiger partial charge is 0.493 e. The van der Waals surface area contributed by atoms with Gasteiger partial charge >= 0.3 is 0 Å². The minimum Gasteiger partial charge on any atom is -0.493 e. The van der Waals surface area contributed by atoms with Gasteiger partial charge in [-0.2, -0.15) is 0 Å². The molecule has 1 N–H and O–H groups in total. The molecular formula is C12H17ClO3. The van der Waals surface area contributed by atoms with Gasteiger partial charge in [0.05, 0.1) is 12.7 Å². The van der Waals surface area contributed by atoms with Crippen LogP contribution < -0.4 is 4.74 Å². The SMILES string of the molecule is COCCCOc1ccc(Cl)cc1[C@@H](C)O. The lowest BCUT2D eigenvalue weighted by atomic mass is 10.1. The molecule has 0 aliphatic rings. The summed E-state index contributed by atoms with van der Waals surface area (Å²) < 4.78 is 10.5. The summed E-state index contributed by atoms with van der Waals surface area (Å²) in [6.45, 7) is 2.92. The van der Waals surface area contributed by atoms with E-state index in [-0.39, 0.29) is 0 Å². The number of methoxy groups -OCH3 is 1. The van der Waals surface area contributed by atoms with Gasteiger partial charge in [0.15, 0.2) is 0 Å². The number of benzene rings is 1. The Bertz CT molecular complexity index is 326. The van der Waals surface area contributed by atoms with Crippen LogP contribution in [-0.2, 0) is 4.74 Å². The fourth-order valence-electron chi connectivity index (χ4n) is 1.36. The molecule has 0 bridgehead atoms. The normalized spacial score (nSPS) is 12.5. The number of halogens is 1. The molecule has 1 aromatic carbocycles. The van der Waals surface area contributed by atoms with Crippen LogP contribution in [0.15, 0.2) is 18.2 Å². The summed E-state index contributed by atoms with van der Waals surface area (Å²) in [4.78, 5) is 0. The van der Waals surface area contributed by atoms with Crippen LogP contribution in [0, 0.1) is 0 Å². The molecule has 3 nitrogen and oxygen atoms in total. The summed E-state index contributed by atoms with van der Waals surface area (Å²) in [6, 6.07) is 5.24. The van der Waals surface area contributed by atoms with Crippen LogP contribution in [-0.4, -0.2) is 25.4 Å². The van der Waals surface area contributed by atoms with E-state index >= 15 is 0 Å². The first kappa shape index (κ1) is 13.3. The molecule has 90 valence electrons. The van der Waals surface area contributed by atoms with Crippen LogP contribution in [0.25, 0.3) is 0 Å². The zero-order valence-electron chi connectivity index (χ0n) is 9.57. The molecule has 0 fully saturated rings. The summed E-state index contributed by atoms with van der Waals surface area (Å²) in [5.74, 6) is 0.676. The first-order chi connectivity index (χ1) is 7.65. The maximum atomic E-state index is 9.57. The van der Waals surface area contributed by atoms with Crippen molar-refractivity contribution in [3.8, 4) is 5.75 Å². The Hall–Kier alpha value is -0.770. The zero-order chi connectivity index (χ0) is 12.0. The second-order valence-corrected chi connectivity index (χ2v) is 3.99. The predicted octanol–water partition coefficient (Wildman–Crippen LogP) is 2.81. The van der Waals surface area contributed by atoms with Gasteiger partial charge in [-0.3, -0.25) is 0 Å². The highest BCUT2D eigenvalue weighted by atomic mass is 35.5. The minimum atomic E-state index is -0.587. The number of aliphatic hydroxyl groups is 1. The monoisotopic (exact) mass is 244 g/mol. The van der Waals surface area contributed by atoms with Crippen LogP contribution in [0.2, 0.25) is 5.02 Å². The number of hydrogen-bond donors (Lipinski definition) is 1. The van der Waals surface area contributed by atoms with Crippen molar-refractivity contribution in [2.75, 3.05) is 20.3 Å². The molecule has 16 heavy (non-hydrogen) atoms. The molecule has 0 radical (unpaired) electrons. The number of ether oxygens (including phenoxy) is 2. The molecule has 0 saturated heterocycles. The van der Waals surface area contributed by atoms with Gasteiger partial charge in [0.1, 0.15) is 5.75 Å².